The first-order valence-electron chi connectivity index (χ1n) is 6.38. The largest absolute Gasteiger partial charge is 0.481 e. The van der Waals surface area contributed by atoms with Gasteiger partial charge < -0.3 is 21.1 Å². The van der Waals surface area contributed by atoms with Crippen LogP contribution < -0.4 is 16.0 Å². The lowest BCUT2D eigenvalue weighted by atomic mass is 10.1. The summed E-state index contributed by atoms with van der Waals surface area (Å²) in [6.07, 6.45) is 0.150. The molecule has 0 aromatic heterocycles. The number of rotatable bonds is 11. The molecule has 3 amide bonds. The van der Waals surface area contributed by atoms with E-state index >= 15 is 0 Å². The summed E-state index contributed by atoms with van der Waals surface area (Å²) in [7, 11) is 0. The number of carbonyl (C=O) groups excluding carboxylic acids is 4. The van der Waals surface area contributed by atoms with E-state index in [1.807, 2.05) is 0 Å². The smallest absolute Gasteiger partial charge is 0.303 e. The first kappa shape index (κ1) is 18.6. The molecule has 0 rings (SSSR count). The van der Waals surface area contributed by atoms with Crippen LogP contribution in [0.3, 0.4) is 0 Å². The third-order valence-electron chi connectivity index (χ3n) is 2.50. The second kappa shape index (κ2) is 10.4. The van der Waals surface area contributed by atoms with Crippen LogP contribution in [0.25, 0.3) is 0 Å². The third-order valence-corrected chi connectivity index (χ3v) is 2.50. The van der Waals surface area contributed by atoms with Gasteiger partial charge in [-0.15, -0.1) is 0 Å². The van der Waals surface area contributed by atoms with Crippen LogP contribution in [-0.4, -0.2) is 54.2 Å². The molecular formula is C12H19N3O6. The number of ketones is 1. The molecule has 0 radical (unpaired) electrons. The Morgan fingerprint density at radius 3 is 2.38 bits per heavy atom. The minimum absolute atomic E-state index is 0.117. The van der Waals surface area contributed by atoms with Crippen molar-refractivity contribution in [2.45, 2.75) is 32.2 Å². The maximum atomic E-state index is 11.8. The Balaban J connectivity index is 4.51. The number of amides is 3. The van der Waals surface area contributed by atoms with Crippen LogP contribution in [0, 0.1) is 0 Å². The van der Waals surface area contributed by atoms with E-state index in [2.05, 4.69) is 16.0 Å². The van der Waals surface area contributed by atoms with Crippen LogP contribution in [0.4, 0.5) is 0 Å². The number of aliphatic carboxylic acids is 1. The topological polar surface area (TPSA) is 142 Å². The summed E-state index contributed by atoms with van der Waals surface area (Å²) in [5.41, 5.74) is 0. The summed E-state index contributed by atoms with van der Waals surface area (Å²) in [5, 5.41) is 15.4. The lowest BCUT2D eigenvalue weighted by Crippen LogP contribution is -2.49. The normalized spacial score (nSPS) is 11.1. The first-order chi connectivity index (χ1) is 9.90. The molecule has 1 atom stereocenters. The molecule has 0 bridgehead atoms. The molecule has 0 aliphatic heterocycles. The number of hydrogen-bond donors (Lipinski definition) is 4. The lowest BCUT2D eigenvalue weighted by molar-refractivity contribution is -0.138. The van der Waals surface area contributed by atoms with E-state index in [1.54, 1.807) is 6.92 Å². The van der Waals surface area contributed by atoms with Gasteiger partial charge in [-0.3, -0.25) is 24.0 Å². The van der Waals surface area contributed by atoms with Gasteiger partial charge in [0.15, 0.2) is 5.78 Å². The van der Waals surface area contributed by atoms with Gasteiger partial charge in [0.2, 0.25) is 18.2 Å². The van der Waals surface area contributed by atoms with E-state index in [9.17, 15) is 24.0 Å². The van der Waals surface area contributed by atoms with Gasteiger partial charge in [0.25, 0.3) is 0 Å². The summed E-state index contributed by atoms with van der Waals surface area (Å²) in [4.78, 5) is 55.0. The molecule has 0 aliphatic rings. The molecule has 118 valence electrons. The summed E-state index contributed by atoms with van der Waals surface area (Å²) in [6.45, 7) is 1.14. The molecule has 21 heavy (non-hydrogen) atoms. The van der Waals surface area contributed by atoms with Crippen molar-refractivity contribution in [2.75, 3.05) is 13.1 Å². The van der Waals surface area contributed by atoms with Gasteiger partial charge in [-0.1, -0.05) is 6.92 Å². The van der Waals surface area contributed by atoms with E-state index in [1.165, 1.54) is 0 Å². The van der Waals surface area contributed by atoms with Crippen LogP contribution >= 0.6 is 0 Å². The van der Waals surface area contributed by atoms with Crippen molar-refractivity contribution < 1.29 is 29.1 Å². The van der Waals surface area contributed by atoms with Crippen molar-refractivity contribution in [3.63, 3.8) is 0 Å². The average Bonchev–Trinajstić information content (AvgIpc) is 2.46. The highest BCUT2D eigenvalue weighted by Crippen LogP contribution is 1.98. The Labute approximate surface area is 121 Å². The van der Waals surface area contributed by atoms with Gasteiger partial charge in [0.1, 0.15) is 6.04 Å². The Bertz CT molecular complexity index is 410. The summed E-state index contributed by atoms with van der Waals surface area (Å²) < 4.78 is 0. The molecular weight excluding hydrogens is 282 g/mol. The first-order valence-corrected chi connectivity index (χ1v) is 6.38. The van der Waals surface area contributed by atoms with E-state index in [0.29, 0.717) is 6.41 Å². The summed E-state index contributed by atoms with van der Waals surface area (Å²) in [6, 6.07) is -1.08. The highest BCUT2D eigenvalue weighted by molar-refractivity contribution is 5.91. The molecule has 4 N–H and O–H groups in total. The second-order valence-corrected chi connectivity index (χ2v) is 4.16. The molecule has 0 fully saturated rings. The number of nitrogens with one attached hydrogen (secondary N) is 3. The number of Topliss-reactive ketones (excluding diaryl/α,β-unsaturated/α-hetero) is 1. The number of carbonyl (C=O) groups is 5. The average molecular weight is 301 g/mol. The van der Waals surface area contributed by atoms with Crippen LogP contribution in [0.5, 0.6) is 0 Å². The fourth-order valence-corrected chi connectivity index (χ4v) is 1.35. The Kier molecular flexibility index (Phi) is 9.14. The quantitative estimate of drug-likeness (QED) is 0.331. The van der Waals surface area contributed by atoms with Gasteiger partial charge in [0, 0.05) is 12.8 Å². The monoisotopic (exact) mass is 301 g/mol. The highest BCUT2D eigenvalue weighted by Gasteiger charge is 2.21. The number of hydrogen-bond acceptors (Lipinski definition) is 5. The molecule has 0 aromatic rings. The maximum absolute atomic E-state index is 11.8. The van der Waals surface area contributed by atoms with Crippen molar-refractivity contribution in [2.24, 2.45) is 0 Å². The number of carboxylic acid groups (broad SMARTS) is 1. The van der Waals surface area contributed by atoms with Gasteiger partial charge in [-0.05, 0) is 6.42 Å². The van der Waals surface area contributed by atoms with Crippen LogP contribution in [0.2, 0.25) is 0 Å². The zero-order chi connectivity index (χ0) is 16.3. The minimum atomic E-state index is -1.11. The van der Waals surface area contributed by atoms with Gasteiger partial charge in [-0.25, -0.2) is 0 Å². The summed E-state index contributed by atoms with van der Waals surface area (Å²) in [5.74, 6) is -2.57. The van der Waals surface area contributed by atoms with Crippen LogP contribution in [0.15, 0.2) is 0 Å². The predicted octanol–water partition coefficient (Wildman–Crippen LogP) is -1.82. The molecule has 0 saturated heterocycles. The summed E-state index contributed by atoms with van der Waals surface area (Å²) >= 11 is 0. The zero-order valence-corrected chi connectivity index (χ0v) is 11.7. The standard InChI is InChI=1S/C12H19N3O6/c1-2-8(17)5-14-12(21)9(3-4-11(19)20)15-10(18)6-13-7-16/h7,9H,2-6H2,1H3,(H,13,16)(H,14,21)(H,15,18)(H,19,20). The van der Waals surface area contributed by atoms with Gasteiger partial charge in [-0.2, -0.15) is 0 Å². The zero-order valence-electron chi connectivity index (χ0n) is 11.7. The van der Waals surface area contributed by atoms with Crippen molar-refractivity contribution in [1.29, 1.82) is 0 Å². The van der Waals surface area contributed by atoms with Crippen molar-refractivity contribution >= 4 is 30.0 Å². The van der Waals surface area contributed by atoms with E-state index in [-0.39, 0.29) is 38.1 Å². The fourth-order valence-electron chi connectivity index (χ4n) is 1.35. The Morgan fingerprint density at radius 1 is 1.19 bits per heavy atom. The van der Waals surface area contributed by atoms with E-state index in [4.69, 9.17) is 5.11 Å². The molecule has 0 heterocycles. The number of carboxylic acids is 1. The third kappa shape index (κ3) is 9.14. The predicted molar refractivity (Wildman–Crippen MR) is 71.2 cm³/mol. The Morgan fingerprint density at radius 2 is 1.86 bits per heavy atom. The molecule has 9 nitrogen and oxygen atoms in total. The Hall–Kier alpha value is -2.45. The molecule has 0 aliphatic carbocycles. The lowest BCUT2D eigenvalue weighted by Gasteiger charge is -2.17. The van der Waals surface area contributed by atoms with Crippen LogP contribution in [0.1, 0.15) is 26.2 Å². The van der Waals surface area contributed by atoms with Gasteiger partial charge >= 0.3 is 5.97 Å². The van der Waals surface area contributed by atoms with Crippen molar-refractivity contribution in [1.82, 2.24) is 16.0 Å². The van der Waals surface area contributed by atoms with Gasteiger partial charge in [0.05, 0.1) is 13.1 Å². The SMILES string of the molecule is CCC(=O)CNC(=O)C(CCC(=O)O)NC(=O)CNC=O. The van der Waals surface area contributed by atoms with Crippen LogP contribution in [-0.2, 0) is 24.0 Å². The molecule has 9 heteroatoms. The molecule has 0 saturated carbocycles. The molecule has 1 unspecified atom stereocenters. The minimum Gasteiger partial charge on any atom is -0.481 e. The van der Waals surface area contributed by atoms with Crippen molar-refractivity contribution in [3.8, 4) is 0 Å². The van der Waals surface area contributed by atoms with E-state index < -0.39 is 23.8 Å². The molecule has 0 spiro atoms. The molecule has 0 aromatic carbocycles. The van der Waals surface area contributed by atoms with Crippen molar-refractivity contribution in [3.05, 3.63) is 0 Å². The highest BCUT2D eigenvalue weighted by atomic mass is 16.4. The fraction of sp³-hybridized carbons (Fsp3) is 0.583. The van der Waals surface area contributed by atoms with E-state index in [0.717, 1.165) is 0 Å². The second-order valence-electron chi connectivity index (χ2n) is 4.16. The maximum Gasteiger partial charge on any atom is 0.303 e.